The van der Waals surface area contributed by atoms with Crippen molar-refractivity contribution in [3.05, 3.63) is 48.0 Å². The SMILES string of the molecule is COc1ccc(NCC(=O)c2ccc(OC)c(OC)c2)cc1. The largest absolute Gasteiger partial charge is 0.497 e. The molecule has 0 radical (unpaired) electrons. The molecule has 0 heterocycles. The normalized spacial score (nSPS) is 9.95. The van der Waals surface area contributed by atoms with E-state index in [1.54, 1.807) is 39.5 Å². The molecule has 0 amide bonds. The van der Waals surface area contributed by atoms with Gasteiger partial charge in [0, 0.05) is 11.3 Å². The van der Waals surface area contributed by atoms with Crippen molar-refractivity contribution in [2.45, 2.75) is 0 Å². The van der Waals surface area contributed by atoms with E-state index in [0.717, 1.165) is 11.4 Å². The third-order valence-electron chi connectivity index (χ3n) is 3.25. The number of methoxy groups -OCH3 is 3. The van der Waals surface area contributed by atoms with Crippen molar-refractivity contribution in [2.24, 2.45) is 0 Å². The van der Waals surface area contributed by atoms with E-state index in [1.165, 1.54) is 0 Å². The van der Waals surface area contributed by atoms with Gasteiger partial charge in [-0.1, -0.05) is 0 Å². The fourth-order valence-electron chi connectivity index (χ4n) is 2.00. The molecule has 5 heteroatoms. The molecule has 22 heavy (non-hydrogen) atoms. The second-order valence-electron chi connectivity index (χ2n) is 4.57. The van der Waals surface area contributed by atoms with Crippen LogP contribution in [0.25, 0.3) is 0 Å². The Labute approximate surface area is 129 Å². The van der Waals surface area contributed by atoms with Gasteiger partial charge in [0.05, 0.1) is 27.9 Å². The summed E-state index contributed by atoms with van der Waals surface area (Å²) in [6.07, 6.45) is 0. The van der Waals surface area contributed by atoms with Crippen LogP contribution in [0.3, 0.4) is 0 Å². The zero-order chi connectivity index (χ0) is 15.9. The van der Waals surface area contributed by atoms with Crippen molar-refractivity contribution >= 4 is 11.5 Å². The number of hydrogen-bond acceptors (Lipinski definition) is 5. The zero-order valence-corrected chi connectivity index (χ0v) is 12.9. The minimum absolute atomic E-state index is 0.0308. The number of Topliss-reactive ketones (excluding diaryl/α,β-unsaturated/α-hetero) is 1. The Balaban J connectivity index is 2.02. The second kappa shape index (κ2) is 7.36. The van der Waals surface area contributed by atoms with Crippen molar-refractivity contribution in [3.63, 3.8) is 0 Å². The van der Waals surface area contributed by atoms with E-state index in [0.29, 0.717) is 17.1 Å². The monoisotopic (exact) mass is 301 g/mol. The summed E-state index contributed by atoms with van der Waals surface area (Å²) in [5.41, 5.74) is 1.42. The quantitative estimate of drug-likeness (QED) is 0.797. The van der Waals surface area contributed by atoms with Crippen molar-refractivity contribution in [1.29, 1.82) is 0 Å². The number of ketones is 1. The standard InChI is InChI=1S/C17H19NO4/c1-20-14-7-5-13(6-8-14)18-11-15(19)12-4-9-16(21-2)17(10-12)22-3/h4-10,18H,11H2,1-3H3. The Morgan fingerprint density at radius 2 is 1.59 bits per heavy atom. The molecule has 1 N–H and O–H groups in total. The number of carbonyl (C=O) groups is 1. The van der Waals surface area contributed by atoms with Gasteiger partial charge < -0.3 is 19.5 Å². The minimum Gasteiger partial charge on any atom is -0.497 e. The van der Waals surface area contributed by atoms with E-state index < -0.39 is 0 Å². The van der Waals surface area contributed by atoms with Gasteiger partial charge in [0.1, 0.15) is 5.75 Å². The van der Waals surface area contributed by atoms with Crippen LogP contribution in [0.15, 0.2) is 42.5 Å². The predicted octanol–water partition coefficient (Wildman–Crippen LogP) is 3.01. The summed E-state index contributed by atoms with van der Waals surface area (Å²) in [6.45, 7) is 0.196. The van der Waals surface area contributed by atoms with Gasteiger partial charge in [-0.2, -0.15) is 0 Å². The first-order chi connectivity index (χ1) is 10.7. The molecule has 5 nitrogen and oxygen atoms in total. The van der Waals surface area contributed by atoms with Gasteiger partial charge >= 0.3 is 0 Å². The Bertz CT molecular complexity index is 638. The molecule has 0 spiro atoms. The molecular weight excluding hydrogens is 282 g/mol. The fourth-order valence-corrected chi connectivity index (χ4v) is 2.00. The molecule has 0 atom stereocenters. The predicted molar refractivity (Wildman–Crippen MR) is 85.4 cm³/mol. The molecule has 0 saturated carbocycles. The van der Waals surface area contributed by atoms with Gasteiger partial charge in [-0.25, -0.2) is 0 Å². The number of benzene rings is 2. The second-order valence-corrected chi connectivity index (χ2v) is 4.57. The molecule has 0 aliphatic heterocycles. The molecule has 2 aromatic rings. The molecule has 0 aromatic heterocycles. The lowest BCUT2D eigenvalue weighted by Gasteiger charge is -2.10. The summed E-state index contributed by atoms with van der Waals surface area (Å²) < 4.78 is 15.5. The van der Waals surface area contributed by atoms with Crippen LogP contribution in [-0.2, 0) is 0 Å². The lowest BCUT2D eigenvalue weighted by atomic mass is 10.1. The van der Waals surface area contributed by atoms with Crippen LogP contribution in [0.1, 0.15) is 10.4 Å². The maximum Gasteiger partial charge on any atom is 0.181 e. The highest BCUT2D eigenvalue weighted by Crippen LogP contribution is 2.27. The first-order valence-electron chi connectivity index (χ1n) is 6.81. The van der Waals surface area contributed by atoms with E-state index in [4.69, 9.17) is 14.2 Å². The summed E-state index contributed by atoms with van der Waals surface area (Å²) in [7, 11) is 4.72. The maximum absolute atomic E-state index is 12.2. The summed E-state index contributed by atoms with van der Waals surface area (Å²) >= 11 is 0. The third kappa shape index (κ3) is 3.69. The van der Waals surface area contributed by atoms with Crippen LogP contribution >= 0.6 is 0 Å². The number of carbonyl (C=O) groups excluding carboxylic acids is 1. The Hall–Kier alpha value is -2.69. The Morgan fingerprint density at radius 1 is 0.909 bits per heavy atom. The average Bonchev–Trinajstić information content (AvgIpc) is 2.59. The number of nitrogens with one attached hydrogen (secondary N) is 1. The van der Waals surface area contributed by atoms with Crippen LogP contribution in [0.5, 0.6) is 17.2 Å². The number of anilines is 1. The lowest BCUT2D eigenvalue weighted by Crippen LogP contribution is -2.14. The summed E-state index contributed by atoms with van der Waals surface area (Å²) in [5, 5.41) is 3.08. The van der Waals surface area contributed by atoms with E-state index in [2.05, 4.69) is 5.32 Å². The van der Waals surface area contributed by atoms with Gasteiger partial charge in [-0.3, -0.25) is 4.79 Å². The smallest absolute Gasteiger partial charge is 0.181 e. The van der Waals surface area contributed by atoms with Crippen LogP contribution < -0.4 is 19.5 Å². The number of hydrogen-bond donors (Lipinski definition) is 1. The molecule has 0 bridgehead atoms. The molecule has 0 aliphatic rings. The number of ether oxygens (including phenoxy) is 3. The Kier molecular flexibility index (Phi) is 5.25. The van der Waals surface area contributed by atoms with Crippen LogP contribution in [0, 0.1) is 0 Å². The van der Waals surface area contributed by atoms with E-state index >= 15 is 0 Å². The Morgan fingerprint density at radius 3 is 2.18 bits per heavy atom. The molecular formula is C17H19NO4. The summed E-state index contributed by atoms with van der Waals surface area (Å²) in [5.74, 6) is 1.88. The zero-order valence-electron chi connectivity index (χ0n) is 12.9. The average molecular weight is 301 g/mol. The fraction of sp³-hybridized carbons (Fsp3) is 0.235. The van der Waals surface area contributed by atoms with Crippen LogP contribution in [0.4, 0.5) is 5.69 Å². The molecule has 2 aromatic carbocycles. The van der Waals surface area contributed by atoms with Crippen LogP contribution in [0.2, 0.25) is 0 Å². The van der Waals surface area contributed by atoms with E-state index in [1.807, 2.05) is 24.3 Å². The molecule has 2 rings (SSSR count). The van der Waals surface area contributed by atoms with Crippen molar-refractivity contribution in [1.82, 2.24) is 0 Å². The third-order valence-corrected chi connectivity index (χ3v) is 3.25. The van der Waals surface area contributed by atoms with E-state index in [9.17, 15) is 4.79 Å². The molecule has 0 fully saturated rings. The maximum atomic E-state index is 12.2. The molecule has 116 valence electrons. The molecule has 0 saturated heterocycles. The summed E-state index contributed by atoms with van der Waals surface area (Å²) in [4.78, 5) is 12.2. The summed E-state index contributed by atoms with van der Waals surface area (Å²) in [6, 6.07) is 12.5. The van der Waals surface area contributed by atoms with Gasteiger partial charge in [-0.15, -0.1) is 0 Å². The van der Waals surface area contributed by atoms with Crippen molar-refractivity contribution < 1.29 is 19.0 Å². The van der Waals surface area contributed by atoms with Gasteiger partial charge in [0.15, 0.2) is 17.3 Å². The van der Waals surface area contributed by atoms with Gasteiger partial charge in [-0.05, 0) is 42.5 Å². The van der Waals surface area contributed by atoms with Crippen molar-refractivity contribution in [2.75, 3.05) is 33.2 Å². The molecule has 0 aliphatic carbocycles. The van der Waals surface area contributed by atoms with Gasteiger partial charge in [0.2, 0.25) is 0 Å². The van der Waals surface area contributed by atoms with Crippen molar-refractivity contribution in [3.8, 4) is 17.2 Å². The highest BCUT2D eigenvalue weighted by Gasteiger charge is 2.10. The first kappa shape index (κ1) is 15.7. The lowest BCUT2D eigenvalue weighted by molar-refractivity contribution is 0.101. The first-order valence-corrected chi connectivity index (χ1v) is 6.81. The topological polar surface area (TPSA) is 56.8 Å². The number of rotatable bonds is 7. The van der Waals surface area contributed by atoms with Gasteiger partial charge in [0.25, 0.3) is 0 Å². The highest BCUT2D eigenvalue weighted by molar-refractivity contribution is 5.99. The van der Waals surface area contributed by atoms with E-state index in [-0.39, 0.29) is 12.3 Å². The van der Waals surface area contributed by atoms with Crippen LogP contribution in [-0.4, -0.2) is 33.7 Å². The highest BCUT2D eigenvalue weighted by atomic mass is 16.5. The minimum atomic E-state index is -0.0308. The molecule has 0 unspecified atom stereocenters.